The maximum Gasteiger partial charge on any atom is 0.344 e. The molecule has 1 rings (SSSR count). The van der Waals surface area contributed by atoms with Crippen molar-refractivity contribution < 1.29 is 14.3 Å². The second-order valence-electron chi connectivity index (χ2n) is 4.14. The van der Waals surface area contributed by atoms with E-state index in [-0.39, 0.29) is 6.61 Å². The van der Waals surface area contributed by atoms with E-state index in [1.807, 2.05) is 19.1 Å². The molecule has 0 spiro atoms. The van der Waals surface area contributed by atoms with Crippen LogP contribution in [0.5, 0.6) is 5.75 Å². The first-order chi connectivity index (χ1) is 11.0. The second-order valence-corrected chi connectivity index (χ2v) is 6.25. The fourth-order valence-corrected chi connectivity index (χ4v) is 3.14. The fourth-order valence-electron chi connectivity index (χ4n) is 1.49. The van der Waals surface area contributed by atoms with Gasteiger partial charge in [0, 0.05) is 6.54 Å². The summed E-state index contributed by atoms with van der Waals surface area (Å²) in [7, 11) is 0. The fraction of sp³-hybridized carbons (Fsp3) is 0.357. The number of nitrogens with one attached hydrogen (secondary N) is 2. The number of rotatable bonds is 7. The third-order valence-corrected chi connectivity index (χ3v) is 3.79. The van der Waals surface area contributed by atoms with Crippen LogP contribution in [0, 0.1) is 0 Å². The molecule has 6 nitrogen and oxygen atoms in total. The molecule has 1 aromatic carbocycles. The van der Waals surface area contributed by atoms with Crippen molar-refractivity contribution in [2.24, 2.45) is 5.10 Å². The number of ether oxygens (including phenoxy) is 2. The van der Waals surface area contributed by atoms with Gasteiger partial charge in [-0.05, 0) is 75.6 Å². The SMILES string of the molecule is CCNC(=S)NN=Cc1cc(Br)c(OCC(=O)OCC)c(Br)c1. The van der Waals surface area contributed by atoms with Crippen LogP contribution in [-0.2, 0) is 9.53 Å². The number of hydrazone groups is 1. The van der Waals surface area contributed by atoms with Crippen LogP contribution in [0.15, 0.2) is 26.2 Å². The molecule has 0 aliphatic rings. The third-order valence-electron chi connectivity index (χ3n) is 2.38. The Morgan fingerprint density at radius 1 is 1.35 bits per heavy atom. The topological polar surface area (TPSA) is 72.0 Å². The molecule has 0 radical (unpaired) electrons. The summed E-state index contributed by atoms with van der Waals surface area (Å²) in [5.74, 6) is 0.101. The average molecular weight is 467 g/mol. The van der Waals surface area contributed by atoms with Gasteiger partial charge < -0.3 is 14.8 Å². The first-order valence-electron chi connectivity index (χ1n) is 6.82. The summed E-state index contributed by atoms with van der Waals surface area (Å²) < 4.78 is 11.6. The highest BCUT2D eigenvalue weighted by Gasteiger charge is 2.11. The van der Waals surface area contributed by atoms with Crippen LogP contribution in [0.2, 0.25) is 0 Å². The highest BCUT2D eigenvalue weighted by molar-refractivity contribution is 9.11. The molecular weight excluding hydrogens is 450 g/mol. The molecule has 2 N–H and O–H groups in total. The van der Waals surface area contributed by atoms with Crippen molar-refractivity contribution in [1.82, 2.24) is 10.7 Å². The van der Waals surface area contributed by atoms with Gasteiger partial charge in [-0.3, -0.25) is 5.43 Å². The summed E-state index contributed by atoms with van der Waals surface area (Å²) in [6.45, 7) is 4.58. The summed E-state index contributed by atoms with van der Waals surface area (Å²) in [4.78, 5) is 11.3. The molecule has 0 aliphatic heterocycles. The Labute approximate surface area is 157 Å². The van der Waals surface area contributed by atoms with Gasteiger partial charge in [0.25, 0.3) is 0 Å². The predicted octanol–water partition coefficient (Wildman–Crippen LogP) is 2.97. The van der Waals surface area contributed by atoms with Crippen LogP contribution >= 0.6 is 44.1 Å². The van der Waals surface area contributed by atoms with Crippen molar-refractivity contribution in [1.29, 1.82) is 0 Å². The third kappa shape index (κ3) is 7.28. The number of nitrogens with zero attached hydrogens (tertiary/aromatic N) is 1. The van der Waals surface area contributed by atoms with Gasteiger partial charge in [0.15, 0.2) is 11.7 Å². The number of carbonyl (C=O) groups excluding carboxylic acids is 1. The number of benzene rings is 1. The van der Waals surface area contributed by atoms with Gasteiger partial charge in [-0.15, -0.1) is 0 Å². The smallest absolute Gasteiger partial charge is 0.344 e. The van der Waals surface area contributed by atoms with E-state index in [9.17, 15) is 4.79 Å². The zero-order valence-corrected chi connectivity index (χ0v) is 16.7. The van der Waals surface area contributed by atoms with E-state index >= 15 is 0 Å². The quantitative estimate of drug-likeness (QED) is 0.278. The minimum atomic E-state index is -0.418. The zero-order valence-electron chi connectivity index (χ0n) is 12.7. The minimum absolute atomic E-state index is 0.156. The van der Waals surface area contributed by atoms with Gasteiger partial charge in [-0.25, -0.2) is 4.79 Å². The molecule has 9 heteroatoms. The number of hydrogen-bond donors (Lipinski definition) is 2. The summed E-state index contributed by atoms with van der Waals surface area (Å²) in [5, 5.41) is 7.42. The molecule has 1 aromatic rings. The van der Waals surface area contributed by atoms with Crippen LogP contribution in [-0.4, -0.2) is 37.1 Å². The van der Waals surface area contributed by atoms with Crippen molar-refractivity contribution in [2.45, 2.75) is 13.8 Å². The van der Waals surface area contributed by atoms with E-state index < -0.39 is 5.97 Å². The molecule has 0 aromatic heterocycles. The van der Waals surface area contributed by atoms with Gasteiger partial charge in [0.1, 0.15) is 5.75 Å². The Morgan fingerprint density at radius 2 is 2.00 bits per heavy atom. The molecule has 0 bridgehead atoms. The molecule has 0 heterocycles. The maximum absolute atomic E-state index is 11.3. The molecule has 0 unspecified atom stereocenters. The van der Waals surface area contributed by atoms with Crippen molar-refractivity contribution in [3.05, 3.63) is 26.6 Å². The molecule has 0 fully saturated rings. The number of esters is 1. The second kappa shape index (κ2) is 10.6. The van der Waals surface area contributed by atoms with Crippen LogP contribution in [0.4, 0.5) is 0 Å². The molecule has 0 saturated carbocycles. The molecule has 0 saturated heterocycles. The van der Waals surface area contributed by atoms with Crippen LogP contribution < -0.4 is 15.5 Å². The van der Waals surface area contributed by atoms with E-state index in [0.29, 0.717) is 26.4 Å². The lowest BCUT2D eigenvalue weighted by Crippen LogP contribution is -2.31. The van der Waals surface area contributed by atoms with Crippen molar-refractivity contribution in [3.63, 3.8) is 0 Å². The summed E-state index contributed by atoms with van der Waals surface area (Å²) in [5.41, 5.74) is 3.52. The van der Waals surface area contributed by atoms with E-state index in [1.165, 1.54) is 0 Å². The number of carbonyl (C=O) groups is 1. The Morgan fingerprint density at radius 3 is 2.57 bits per heavy atom. The Balaban J connectivity index is 2.71. The summed E-state index contributed by atoms with van der Waals surface area (Å²) in [6, 6.07) is 3.62. The zero-order chi connectivity index (χ0) is 17.2. The average Bonchev–Trinajstić information content (AvgIpc) is 2.47. The lowest BCUT2D eigenvalue weighted by atomic mass is 10.2. The lowest BCUT2D eigenvalue weighted by Gasteiger charge is -2.10. The molecule has 126 valence electrons. The Bertz CT molecular complexity index is 574. The lowest BCUT2D eigenvalue weighted by molar-refractivity contribution is -0.145. The van der Waals surface area contributed by atoms with Crippen LogP contribution in [0.3, 0.4) is 0 Å². The Kier molecular flexibility index (Phi) is 9.12. The van der Waals surface area contributed by atoms with Gasteiger partial charge in [0.2, 0.25) is 0 Å². The number of halogens is 2. The normalized spacial score (nSPS) is 10.4. The number of thiocarbonyl (C=S) groups is 1. The largest absolute Gasteiger partial charge is 0.480 e. The van der Waals surface area contributed by atoms with Crippen molar-refractivity contribution in [3.8, 4) is 5.75 Å². The molecule has 23 heavy (non-hydrogen) atoms. The van der Waals surface area contributed by atoms with E-state index in [4.69, 9.17) is 21.7 Å². The van der Waals surface area contributed by atoms with Gasteiger partial charge >= 0.3 is 5.97 Å². The standard InChI is InChI=1S/C14H17Br2N3O3S/c1-3-17-14(23)19-18-7-9-5-10(15)13(11(16)6-9)22-8-12(20)21-4-2/h5-7H,3-4,8H2,1-2H3,(H2,17,19,23). The first kappa shape index (κ1) is 19.9. The number of hydrogen-bond acceptors (Lipinski definition) is 5. The summed E-state index contributed by atoms with van der Waals surface area (Å²) >= 11 is 11.8. The molecule has 0 amide bonds. The highest BCUT2D eigenvalue weighted by Crippen LogP contribution is 2.34. The monoisotopic (exact) mass is 465 g/mol. The van der Waals surface area contributed by atoms with Crippen molar-refractivity contribution >= 4 is 61.4 Å². The first-order valence-corrected chi connectivity index (χ1v) is 8.81. The van der Waals surface area contributed by atoms with Crippen LogP contribution in [0.25, 0.3) is 0 Å². The Hall–Kier alpha value is -1.19. The van der Waals surface area contributed by atoms with Crippen LogP contribution in [0.1, 0.15) is 19.4 Å². The summed E-state index contributed by atoms with van der Waals surface area (Å²) in [6.07, 6.45) is 1.62. The maximum atomic E-state index is 11.3. The van der Waals surface area contributed by atoms with E-state index in [1.54, 1.807) is 13.1 Å². The molecular formula is C14H17Br2N3O3S. The van der Waals surface area contributed by atoms with E-state index in [0.717, 1.165) is 12.1 Å². The molecule has 0 aliphatic carbocycles. The van der Waals surface area contributed by atoms with Crippen molar-refractivity contribution in [2.75, 3.05) is 19.8 Å². The molecule has 0 atom stereocenters. The van der Waals surface area contributed by atoms with E-state index in [2.05, 4.69) is 47.7 Å². The van der Waals surface area contributed by atoms with Gasteiger partial charge in [-0.1, -0.05) is 0 Å². The highest BCUT2D eigenvalue weighted by atomic mass is 79.9. The predicted molar refractivity (Wildman–Crippen MR) is 101 cm³/mol. The minimum Gasteiger partial charge on any atom is -0.480 e. The van der Waals surface area contributed by atoms with Gasteiger partial charge in [0.05, 0.1) is 21.8 Å². The van der Waals surface area contributed by atoms with Gasteiger partial charge in [-0.2, -0.15) is 5.10 Å².